The molecule has 3 aromatic rings. The van der Waals surface area contributed by atoms with Crippen molar-refractivity contribution in [2.75, 3.05) is 0 Å². The van der Waals surface area contributed by atoms with Crippen molar-refractivity contribution in [2.24, 2.45) is 5.10 Å². The maximum absolute atomic E-state index is 12.5. The Hall–Kier alpha value is -2.73. The normalized spacial score (nSPS) is 11.5. The molecule has 0 radical (unpaired) electrons. The predicted molar refractivity (Wildman–Crippen MR) is 112 cm³/mol. The molecule has 0 fully saturated rings. The van der Waals surface area contributed by atoms with Crippen molar-refractivity contribution < 1.29 is 4.79 Å². The van der Waals surface area contributed by atoms with E-state index in [0.717, 1.165) is 21.8 Å². The van der Waals surface area contributed by atoms with Crippen LogP contribution in [0.25, 0.3) is 10.6 Å². The second kappa shape index (κ2) is 7.88. The Labute approximate surface area is 163 Å². The van der Waals surface area contributed by atoms with E-state index in [4.69, 9.17) is 0 Å². The number of aromatic nitrogens is 2. The van der Waals surface area contributed by atoms with Crippen LogP contribution in [0.3, 0.4) is 0 Å². The average molecular weight is 381 g/mol. The summed E-state index contributed by atoms with van der Waals surface area (Å²) in [5, 5.41) is 4.99. The molecule has 0 aliphatic rings. The number of aryl methyl sites for hydroxylation is 2. The lowest BCUT2D eigenvalue weighted by Crippen LogP contribution is -2.17. The van der Waals surface area contributed by atoms with E-state index in [1.54, 1.807) is 6.21 Å². The first kappa shape index (κ1) is 19.0. The van der Waals surface area contributed by atoms with E-state index in [1.165, 1.54) is 17.0 Å². The van der Waals surface area contributed by atoms with Gasteiger partial charge in [0.1, 0.15) is 9.88 Å². The Balaban J connectivity index is 1.74. The predicted octanol–water partition coefficient (Wildman–Crippen LogP) is 4.88. The molecule has 1 aromatic carbocycles. The quantitative estimate of drug-likeness (QED) is 0.506. The van der Waals surface area contributed by atoms with Gasteiger partial charge in [-0.3, -0.25) is 4.79 Å². The van der Waals surface area contributed by atoms with E-state index in [1.807, 2.05) is 37.3 Å². The molecule has 0 aliphatic heterocycles. The number of hydrazone groups is 1. The molecule has 0 saturated carbocycles. The smallest absolute Gasteiger partial charge is 0.283 e. The number of thiazole rings is 1. The molecule has 2 aromatic heterocycles. The van der Waals surface area contributed by atoms with Gasteiger partial charge >= 0.3 is 0 Å². The molecule has 0 saturated heterocycles. The van der Waals surface area contributed by atoms with E-state index in [2.05, 4.69) is 53.8 Å². The highest BCUT2D eigenvalue weighted by molar-refractivity contribution is 7.17. The second-order valence-corrected chi connectivity index (χ2v) is 7.79. The first-order valence-corrected chi connectivity index (χ1v) is 9.74. The molecular formula is C21H24N4OS. The van der Waals surface area contributed by atoms with Crippen molar-refractivity contribution >= 4 is 23.5 Å². The first-order chi connectivity index (χ1) is 12.9. The fourth-order valence-corrected chi connectivity index (χ4v) is 4.21. The van der Waals surface area contributed by atoms with E-state index >= 15 is 0 Å². The summed E-state index contributed by atoms with van der Waals surface area (Å²) in [6.45, 7) is 10.3. The lowest BCUT2D eigenvalue weighted by atomic mass is 10.2. The molecule has 5 nitrogen and oxygen atoms in total. The van der Waals surface area contributed by atoms with E-state index in [-0.39, 0.29) is 5.91 Å². The van der Waals surface area contributed by atoms with Crippen LogP contribution in [0.15, 0.2) is 41.5 Å². The van der Waals surface area contributed by atoms with Gasteiger partial charge < -0.3 is 4.57 Å². The first-order valence-electron chi connectivity index (χ1n) is 8.93. The van der Waals surface area contributed by atoms with Gasteiger partial charge in [0.2, 0.25) is 0 Å². The number of rotatable bonds is 5. The molecule has 0 atom stereocenters. The van der Waals surface area contributed by atoms with Crippen molar-refractivity contribution in [2.45, 2.75) is 40.7 Å². The zero-order chi connectivity index (χ0) is 19.6. The van der Waals surface area contributed by atoms with Crippen LogP contribution < -0.4 is 5.43 Å². The highest BCUT2D eigenvalue weighted by Crippen LogP contribution is 2.27. The standard InChI is InChI=1S/C21H24N4OS/c1-13(2)25-14(3)11-18(16(25)5)12-22-24-20(26)19-15(4)23-21(27-19)17-9-7-6-8-10-17/h6-13H,1-5H3,(H,24,26)/b22-12-. The summed E-state index contributed by atoms with van der Waals surface area (Å²) in [6, 6.07) is 12.3. The third-order valence-corrected chi connectivity index (χ3v) is 5.64. The maximum Gasteiger partial charge on any atom is 0.283 e. The van der Waals surface area contributed by atoms with Gasteiger partial charge in [0.15, 0.2) is 0 Å². The minimum absolute atomic E-state index is 0.235. The topological polar surface area (TPSA) is 59.3 Å². The zero-order valence-electron chi connectivity index (χ0n) is 16.3. The molecular weight excluding hydrogens is 356 g/mol. The third kappa shape index (κ3) is 4.01. The second-order valence-electron chi connectivity index (χ2n) is 6.79. The summed E-state index contributed by atoms with van der Waals surface area (Å²) in [4.78, 5) is 17.6. The van der Waals surface area contributed by atoms with E-state index < -0.39 is 0 Å². The van der Waals surface area contributed by atoms with Gasteiger partial charge in [-0.15, -0.1) is 11.3 Å². The summed E-state index contributed by atoms with van der Waals surface area (Å²) in [5.74, 6) is -0.235. The summed E-state index contributed by atoms with van der Waals surface area (Å²) >= 11 is 1.38. The zero-order valence-corrected chi connectivity index (χ0v) is 17.1. The Morgan fingerprint density at radius 2 is 1.93 bits per heavy atom. The number of amides is 1. The maximum atomic E-state index is 12.5. The van der Waals surface area contributed by atoms with Crippen LogP contribution in [0.1, 0.15) is 52.2 Å². The monoisotopic (exact) mass is 380 g/mol. The number of nitrogens with zero attached hydrogens (tertiary/aromatic N) is 3. The van der Waals surface area contributed by atoms with E-state index in [0.29, 0.717) is 16.6 Å². The number of hydrogen-bond acceptors (Lipinski definition) is 4. The summed E-state index contributed by atoms with van der Waals surface area (Å²) in [5.41, 5.74) is 7.68. The fourth-order valence-electron chi connectivity index (χ4n) is 3.25. The van der Waals surface area contributed by atoms with Gasteiger partial charge in [-0.1, -0.05) is 30.3 Å². The molecule has 6 heteroatoms. The molecule has 0 unspecified atom stereocenters. The third-order valence-electron chi connectivity index (χ3n) is 4.43. The number of benzene rings is 1. The van der Waals surface area contributed by atoms with Crippen LogP contribution in [-0.4, -0.2) is 21.7 Å². The van der Waals surface area contributed by atoms with Gasteiger partial charge in [-0.25, -0.2) is 10.4 Å². The lowest BCUT2D eigenvalue weighted by molar-refractivity contribution is 0.0958. The van der Waals surface area contributed by atoms with Gasteiger partial charge in [0.25, 0.3) is 5.91 Å². The number of carbonyl (C=O) groups is 1. The molecule has 2 heterocycles. The molecule has 0 bridgehead atoms. The van der Waals surface area contributed by atoms with Gasteiger partial charge in [0, 0.05) is 28.6 Å². The van der Waals surface area contributed by atoms with Crippen LogP contribution in [-0.2, 0) is 0 Å². The molecule has 140 valence electrons. The highest BCUT2D eigenvalue weighted by Gasteiger charge is 2.16. The van der Waals surface area contributed by atoms with E-state index in [9.17, 15) is 4.79 Å². The molecule has 1 amide bonds. The molecule has 27 heavy (non-hydrogen) atoms. The van der Waals surface area contributed by atoms with Crippen LogP contribution in [0, 0.1) is 20.8 Å². The fraction of sp³-hybridized carbons (Fsp3) is 0.286. The Morgan fingerprint density at radius 1 is 1.22 bits per heavy atom. The van der Waals surface area contributed by atoms with Crippen molar-refractivity contribution in [1.82, 2.24) is 15.0 Å². The van der Waals surface area contributed by atoms with Crippen LogP contribution in [0.4, 0.5) is 0 Å². The SMILES string of the molecule is Cc1nc(-c2ccccc2)sc1C(=O)N/N=C\c1cc(C)n(C(C)C)c1C. The van der Waals surface area contributed by atoms with Gasteiger partial charge in [-0.2, -0.15) is 5.10 Å². The number of nitrogens with one attached hydrogen (secondary N) is 1. The van der Waals surface area contributed by atoms with Crippen molar-refractivity contribution in [3.8, 4) is 10.6 Å². The summed E-state index contributed by atoms with van der Waals surface area (Å²) < 4.78 is 2.25. The van der Waals surface area contributed by atoms with Crippen molar-refractivity contribution in [3.63, 3.8) is 0 Å². The molecule has 3 rings (SSSR count). The number of carbonyl (C=O) groups excluding carboxylic acids is 1. The minimum Gasteiger partial charge on any atom is -0.346 e. The van der Waals surface area contributed by atoms with Gasteiger partial charge in [0.05, 0.1) is 11.9 Å². The summed E-state index contributed by atoms with van der Waals surface area (Å²) in [7, 11) is 0. The Bertz CT molecular complexity index is 983. The van der Waals surface area contributed by atoms with Gasteiger partial charge in [-0.05, 0) is 40.7 Å². The summed E-state index contributed by atoms with van der Waals surface area (Å²) in [6.07, 6.45) is 1.70. The number of hydrogen-bond donors (Lipinski definition) is 1. The molecule has 0 spiro atoms. The Kier molecular flexibility index (Phi) is 5.56. The van der Waals surface area contributed by atoms with Crippen molar-refractivity contribution in [3.05, 3.63) is 63.9 Å². The van der Waals surface area contributed by atoms with Crippen LogP contribution in [0.5, 0.6) is 0 Å². The molecule has 0 aliphatic carbocycles. The lowest BCUT2D eigenvalue weighted by Gasteiger charge is -2.13. The largest absolute Gasteiger partial charge is 0.346 e. The van der Waals surface area contributed by atoms with Crippen molar-refractivity contribution in [1.29, 1.82) is 0 Å². The van der Waals surface area contributed by atoms with Crippen LogP contribution in [0.2, 0.25) is 0 Å². The molecule has 1 N–H and O–H groups in total. The Morgan fingerprint density at radius 3 is 2.56 bits per heavy atom. The van der Waals surface area contributed by atoms with Crippen LogP contribution >= 0.6 is 11.3 Å². The highest BCUT2D eigenvalue weighted by atomic mass is 32.1. The average Bonchev–Trinajstić information content (AvgIpc) is 3.15. The minimum atomic E-state index is -0.235.